The number of fused-ring (bicyclic) bond motifs is 2. The second-order valence-electron chi connectivity index (χ2n) is 6.46. The van der Waals surface area contributed by atoms with Crippen molar-refractivity contribution >= 4 is 5.91 Å². The molecule has 4 nitrogen and oxygen atoms in total. The van der Waals surface area contributed by atoms with E-state index in [4.69, 9.17) is 5.73 Å². The number of rotatable bonds is 5. The van der Waals surface area contributed by atoms with Gasteiger partial charge >= 0.3 is 0 Å². The molecule has 19 heavy (non-hydrogen) atoms. The van der Waals surface area contributed by atoms with Crippen LogP contribution in [0.25, 0.3) is 0 Å². The molecule has 0 radical (unpaired) electrons. The predicted octanol–water partition coefficient (Wildman–Crippen LogP) is 1.49. The van der Waals surface area contributed by atoms with Crippen LogP contribution in [0.3, 0.4) is 0 Å². The molecule has 0 saturated carbocycles. The molecule has 2 fully saturated rings. The Morgan fingerprint density at radius 1 is 1.26 bits per heavy atom. The highest BCUT2D eigenvalue weighted by atomic mass is 16.2. The van der Waals surface area contributed by atoms with Crippen molar-refractivity contribution in [3.8, 4) is 0 Å². The summed E-state index contributed by atoms with van der Waals surface area (Å²) in [5.41, 5.74) is 5.45. The first kappa shape index (κ1) is 14.8. The summed E-state index contributed by atoms with van der Waals surface area (Å²) in [7, 11) is 2.25. The fourth-order valence-corrected chi connectivity index (χ4v) is 3.68. The molecule has 4 heteroatoms. The third kappa shape index (κ3) is 2.95. The van der Waals surface area contributed by atoms with E-state index in [0.717, 1.165) is 18.6 Å². The second kappa shape index (κ2) is 5.80. The number of carbonyl (C=O) groups is 1. The third-order valence-corrected chi connectivity index (χ3v) is 5.46. The van der Waals surface area contributed by atoms with Gasteiger partial charge in [0.25, 0.3) is 0 Å². The van der Waals surface area contributed by atoms with E-state index in [9.17, 15) is 4.79 Å². The molecule has 0 aromatic heterocycles. The van der Waals surface area contributed by atoms with E-state index < -0.39 is 5.54 Å². The normalized spacial score (nSPS) is 31.5. The molecule has 2 saturated heterocycles. The van der Waals surface area contributed by atoms with Crippen LogP contribution in [-0.2, 0) is 4.79 Å². The molecule has 0 aromatic rings. The van der Waals surface area contributed by atoms with Gasteiger partial charge in [-0.2, -0.15) is 0 Å². The fraction of sp³-hybridized carbons (Fsp3) is 0.933. The van der Waals surface area contributed by atoms with Crippen molar-refractivity contribution in [3.05, 3.63) is 0 Å². The molecule has 0 aliphatic carbocycles. The van der Waals surface area contributed by atoms with E-state index in [-0.39, 0.29) is 5.91 Å². The lowest BCUT2D eigenvalue weighted by Gasteiger charge is -2.37. The predicted molar refractivity (Wildman–Crippen MR) is 77.8 cm³/mol. The molecule has 2 aliphatic rings. The molecule has 110 valence electrons. The fourth-order valence-electron chi connectivity index (χ4n) is 3.68. The monoisotopic (exact) mass is 267 g/mol. The largest absolute Gasteiger partial charge is 0.354 e. The van der Waals surface area contributed by atoms with Gasteiger partial charge in [-0.15, -0.1) is 0 Å². The van der Waals surface area contributed by atoms with Crippen molar-refractivity contribution in [2.24, 2.45) is 11.7 Å². The zero-order valence-electron chi connectivity index (χ0n) is 12.6. The van der Waals surface area contributed by atoms with Crippen molar-refractivity contribution in [1.29, 1.82) is 0 Å². The number of nitrogens with one attached hydrogen (secondary N) is 1. The average Bonchev–Trinajstić information content (AvgIpc) is 2.66. The highest BCUT2D eigenvalue weighted by Crippen LogP contribution is 2.37. The standard InChI is InChI=1S/C15H29N3O/c1-4-15(16,5-2)14(19)17-10-11-8-12-6-7-13(9-11)18(12)3/h11-13H,4-10,16H2,1-3H3,(H,17,19). The van der Waals surface area contributed by atoms with E-state index in [1.807, 2.05) is 13.8 Å². The molecule has 0 aromatic carbocycles. The Hall–Kier alpha value is -0.610. The first-order valence-electron chi connectivity index (χ1n) is 7.79. The van der Waals surface area contributed by atoms with Gasteiger partial charge in [-0.05, 0) is 51.5 Å². The molecule has 2 bridgehead atoms. The van der Waals surface area contributed by atoms with Crippen LogP contribution in [0.5, 0.6) is 0 Å². The molecule has 3 N–H and O–H groups in total. The van der Waals surface area contributed by atoms with E-state index in [0.29, 0.717) is 18.8 Å². The Kier molecular flexibility index (Phi) is 4.51. The number of nitrogens with zero attached hydrogens (tertiary/aromatic N) is 1. The molecular formula is C15H29N3O. The Labute approximate surface area is 117 Å². The summed E-state index contributed by atoms with van der Waals surface area (Å²) >= 11 is 0. The van der Waals surface area contributed by atoms with Crippen molar-refractivity contribution in [3.63, 3.8) is 0 Å². The van der Waals surface area contributed by atoms with Gasteiger partial charge in [0.05, 0.1) is 5.54 Å². The number of amides is 1. The summed E-state index contributed by atoms with van der Waals surface area (Å²) in [6.07, 6.45) is 6.51. The van der Waals surface area contributed by atoms with Crippen LogP contribution in [0.2, 0.25) is 0 Å². The molecule has 2 aliphatic heterocycles. The Morgan fingerprint density at radius 3 is 2.26 bits per heavy atom. The maximum Gasteiger partial charge on any atom is 0.240 e. The van der Waals surface area contributed by atoms with Crippen LogP contribution in [0.4, 0.5) is 0 Å². The summed E-state index contributed by atoms with van der Waals surface area (Å²) in [6, 6.07) is 1.47. The molecule has 1 amide bonds. The Bertz CT molecular complexity index is 313. The third-order valence-electron chi connectivity index (χ3n) is 5.46. The van der Waals surface area contributed by atoms with Gasteiger partial charge in [-0.3, -0.25) is 4.79 Å². The highest BCUT2D eigenvalue weighted by Gasteiger charge is 2.38. The molecule has 2 unspecified atom stereocenters. The van der Waals surface area contributed by atoms with Crippen LogP contribution < -0.4 is 11.1 Å². The van der Waals surface area contributed by atoms with E-state index in [1.54, 1.807) is 0 Å². The maximum absolute atomic E-state index is 12.2. The minimum absolute atomic E-state index is 0.0313. The smallest absolute Gasteiger partial charge is 0.240 e. The summed E-state index contributed by atoms with van der Waals surface area (Å²) in [5.74, 6) is 0.666. The van der Waals surface area contributed by atoms with E-state index in [1.165, 1.54) is 25.7 Å². The van der Waals surface area contributed by atoms with Crippen LogP contribution >= 0.6 is 0 Å². The van der Waals surface area contributed by atoms with Gasteiger partial charge in [-0.25, -0.2) is 0 Å². The Morgan fingerprint density at radius 2 is 1.79 bits per heavy atom. The molecule has 2 rings (SSSR count). The maximum atomic E-state index is 12.2. The number of carbonyl (C=O) groups excluding carboxylic acids is 1. The van der Waals surface area contributed by atoms with E-state index >= 15 is 0 Å². The summed E-state index contributed by atoms with van der Waals surface area (Å²) in [6.45, 7) is 4.77. The van der Waals surface area contributed by atoms with Crippen molar-refractivity contribution in [2.75, 3.05) is 13.6 Å². The van der Waals surface area contributed by atoms with Gasteiger partial charge < -0.3 is 16.0 Å². The quantitative estimate of drug-likeness (QED) is 0.793. The summed E-state index contributed by atoms with van der Waals surface area (Å²) in [5, 5.41) is 3.10. The first-order chi connectivity index (χ1) is 9.00. The second-order valence-corrected chi connectivity index (χ2v) is 6.46. The van der Waals surface area contributed by atoms with Gasteiger partial charge in [0.1, 0.15) is 0 Å². The summed E-state index contributed by atoms with van der Waals surface area (Å²) in [4.78, 5) is 14.7. The lowest BCUT2D eigenvalue weighted by Crippen LogP contribution is -2.54. The van der Waals surface area contributed by atoms with Gasteiger partial charge in [0, 0.05) is 18.6 Å². The van der Waals surface area contributed by atoms with Crippen molar-refractivity contribution in [2.45, 2.75) is 70.0 Å². The van der Waals surface area contributed by atoms with Crippen LogP contribution in [-0.4, -0.2) is 42.0 Å². The molecule has 2 heterocycles. The van der Waals surface area contributed by atoms with E-state index in [2.05, 4.69) is 17.3 Å². The SMILES string of the molecule is CCC(N)(CC)C(=O)NCC1CC2CCC(C1)N2C. The zero-order valence-corrected chi connectivity index (χ0v) is 12.6. The number of hydrogen-bond acceptors (Lipinski definition) is 3. The van der Waals surface area contributed by atoms with Crippen molar-refractivity contribution < 1.29 is 4.79 Å². The van der Waals surface area contributed by atoms with Crippen LogP contribution in [0, 0.1) is 5.92 Å². The van der Waals surface area contributed by atoms with Crippen molar-refractivity contribution in [1.82, 2.24) is 10.2 Å². The summed E-state index contributed by atoms with van der Waals surface area (Å²) < 4.78 is 0. The minimum Gasteiger partial charge on any atom is -0.354 e. The highest BCUT2D eigenvalue weighted by molar-refractivity contribution is 5.85. The zero-order chi connectivity index (χ0) is 14.0. The van der Waals surface area contributed by atoms with Crippen LogP contribution in [0.1, 0.15) is 52.4 Å². The van der Waals surface area contributed by atoms with Gasteiger partial charge in [-0.1, -0.05) is 13.8 Å². The number of piperidine rings is 1. The minimum atomic E-state index is -0.676. The molecular weight excluding hydrogens is 238 g/mol. The number of hydrogen-bond donors (Lipinski definition) is 2. The topological polar surface area (TPSA) is 58.4 Å². The lowest BCUT2D eigenvalue weighted by molar-refractivity contribution is -0.126. The van der Waals surface area contributed by atoms with Crippen LogP contribution in [0.15, 0.2) is 0 Å². The first-order valence-corrected chi connectivity index (χ1v) is 7.79. The van der Waals surface area contributed by atoms with Gasteiger partial charge in [0.15, 0.2) is 0 Å². The van der Waals surface area contributed by atoms with Gasteiger partial charge in [0.2, 0.25) is 5.91 Å². The Balaban J connectivity index is 1.82. The average molecular weight is 267 g/mol. The molecule has 2 atom stereocenters. The number of nitrogens with two attached hydrogens (primary N) is 1. The molecule has 0 spiro atoms. The lowest BCUT2D eigenvalue weighted by atomic mass is 9.89.